The molecule has 0 fully saturated rings. The Morgan fingerprint density at radius 1 is 1.16 bits per heavy atom. The second-order valence-corrected chi connectivity index (χ2v) is 4.50. The minimum absolute atomic E-state index is 0.327. The third-order valence-electron chi connectivity index (χ3n) is 2.62. The van der Waals surface area contributed by atoms with Gasteiger partial charge in [0.15, 0.2) is 0 Å². The van der Waals surface area contributed by atoms with Crippen molar-refractivity contribution in [1.29, 1.82) is 0 Å². The number of rotatable bonds is 5. The highest BCUT2D eigenvalue weighted by Gasteiger charge is 2.04. The Balaban J connectivity index is 2.11. The maximum absolute atomic E-state index is 13.0. The molecule has 0 spiro atoms. The first-order valence-electron chi connectivity index (χ1n) is 6.11. The second kappa shape index (κ2) is 6.55. The number of hydrogen-bond donors (Lipinski definition) is 1. The quantitative estimate of drug-likeness (QED) is 0.877. The largest absolute Gasteiger partial charge is 0.457 e. The molecule has 19 heavy (non-hydrogen) atoms. The number of nitrogens with one attached hydrogen (secondary N) is 1. The Morgan fingerprint density at radius 3 is 2.63 bits per heavy atom. The van der Waals surface area contributed by atoms with E-state index in [0.717, 1.165) is 18.7 Å². The first-order chi connectivity index (χ1) is 9.19. The highest BCUT2D eigenvalue weighted by atomic mass is 35.5. The van der Waals surface area contributed by atoms with Gasteiger partial charge in [0.05, 0.1) is 0 Å². The molecule has 0 aliphatic rings. The van der Waals surface area contributed by atoms with Crippen molar-refractivity contribution >= 4 is 11.6 Å². The lowest BCUT2D eigenvalue weighted by Gasteiger charge is -2.09. The maximum atomic E-state index is 13.0. The van der Waals surface area contributed by atoms with E-state index in [2.05, 4.69) is 5.32 Å². The Bertz CT molecular complexity index is 560. The van der Waals surface area contributed by atoms with Gasteiger partial charge in [0.25, 0.3) is 0 Å². The predicted octanol–water partition coefficient (Wildman–Crippen LogP) is 4.38. The third kappa shape index (κ3) is 3.94. The highest BCUT2D eigenvalue weighted by Crippen LogP contribution is 2.27. The Morgan fingerprint density at radius 2 is 1.95 bits per heavy atom. The summed E-state index contributed by atoms with van der Waals surface area (Å²) >= 11 is 6.17. The highest BCUT2D eigenvalue weighted by molar-refractivity contribution is 6.31. The lowest BCUT2D eigenvalue weighted by Crippen LogP contribution is -2.11. The van der Waals surface area contributed by atoms with Crippen molar-refractivity contribution in [2.75, 3.05) is 6.54 Å². The summed E-state index contributed by atoms with van der Waals surface area (Å²) in [7, 11) is 0. The predicted molar refractivity (Wildman–Crippen MR) is 75.3 cm³/mol. The molecule has 0 aromatic heterocycles. The molecule has 4 heteroatoms. The molecule has 2 aromatic rings. The minimum Gasteiger partial charge on any atom is -0.457 e. The molecule has 0 radical (unpaired) electrons. The van der Waals surface area contributed by atoms with Gasteiger partial charge in [0.2, 0.25) is 0 Å². The molecule has 2 aromatic carbocycles. The Labute approximate surface area is 117 Å². The molecule has 0 amide bonds. The fourth-order valence-electron chi connectivity index (χ4n) is 1.66. The molecule has 2 rings (SSSR count). The number of ether oxygens (including phenoxy) is 1. The van der Waals surface area contributed by atoms with E-state index in [0.29, 0.717) is 16.5 Å². The van der Waals surface area contributed by atoms with Crippen LogP contribution in [0, 0.1) is 5.82 Å². The van der Waals surface area contributed by atoms with Gasteiger partial charge in [-0.1, -0.05) is 30.7 Å². The average Bonchev–Trinajstić information content (AvgIpc) is 2.38. The van der Waals surface area contributed by atoms with Gasteiger partial charge in [-0.25, -0.2) is 4.39 Å². The van der Waals surface area contributed by atoms with Gasteiger partial charge < -0.3 is 10.1 Å². The molecule has 0 unspecified atom stereocenters. The van der Waals surface area contributed by atoms with E-state index in [9.17, 15) is 4.39 Å². The summed E-state index contributed by atoms with van der Waals surface area (Å²) in [6, 6.07) is 11.5. The summed E-state index contributed by atoms with van der Waals surface area (Å²) in [5.74, 6) is 0.721. The molecular weight excluding hydrogens is 265 g/mol. The third-order valence-corrected chi connectivity index (χ3v) is 2.97. The summed E-state index contributed by atoms with van der Waals surface area (Å²) < 4.78 is 18.6. The molecule has 0 aliphatic heterocycles. The molecule has 0 aliphatic carbocycles. The Kier molecular flexibility index (Phi) is 4.77. The zero-order valence-corrected chi connectivity index (χ0v) is 11.4. The summed E-state index contributed by atoms with van der Waals surface area (Å²) in [6.07, 6.45) is 0. The summed E-state index contributed by atoms with van der Waals surface area (Å²) in [4.78, 5) is 0. The molecule has 0 bridgehead atoms. The fourth-order valence-corrected chi connectivity index (χ4v) is 1.90. The topological polar surface area (TPSA) is 21.3 Å². The van der Waals surface area contributed by atoms with Crippen molar-refractivity contribution in [3.05, 3.63) is 58.9 Å². The smallest absolute Gasteiger partial charge is 0.130 e. The van der Waals surface area contributed by atoms with Crippen LogP contribution in [0.4, 0.5) is 4.39 Å². The molecule has 0 atom stereocenters. The van der Waals surface area contributed by atoms with Gasteiger partial charge in [0, 0.05) is 17.6 Å². The molecule has 0 heterocycles. The second-order valence-electron chi connectivity index (χ2n) is 4.09. The van der Waals surface area contributed by atoms with Crippen LogP contribution in [0.2, 0.25) is 5.02 Å². The van der Waals surface area contributed by atoms with Gasteiger partial charge in [-0.15, -0.1) is 0 Å². The molecule has 0 saturated heterocycles. The lowest BCUT2D eigenvalue weighted by atomic mass is 10.2. The van der Waals surface area contributed by atoms with Crippen LogP contribution in [-0.4, -0.2) is 6.54 Å². The summed E-state index contributed by atoms with van der Waals surface area (Å²) in [5.41, 5.74) is 1.01. The van der Waals surface area contributed by atoms with Crippen LogP contribution >= 0.6 is 11.6 Å². The van der Waals surface area contributed by atoms with E-state index < -0.39 is 0 Å². The van der Waals surface area contributed by atoms with Crippen molar-refractivity contribution < 1.29 is 9.13 Å². The van der Waals surface area contributed by atoms with E-state index in [1.807, 2.05) is 19.1 Å². The number of hydrogen-bond acceptors (Lipinski definition) is 2. The SMILES string of the molecule is CCNCc1ccc(Oc2cccc(F)c2)cc1Cl. The standard InChI is InChI=1S/C15H15ClFNO/c1-2-18-10-11-6-7-14(9-15(11)16)19-13-5-3-4-12(17)8-13/h3-9,18H,2,10H2,1H3. The lowest BCUT2D eigenvalue weighted by molar-refractivity contribution is 0.476. The zero-order valence-electron chi connectivity index (χ0n) is 10.6. The first-order valence-corrected chi connectivity index (χ1v) is 6.49. The van der Waals surface area contributed by atoms with Crippen molar-refractivity contribution in [1.82, 2.24) is 5.32 Å². The van der Waals surface area contributed by atoms with Crippen LogP contribution < -0.4 is 10.1 Å². The van der Waals surface area contributed by atoms with Crippen molar-refractivity contribution in [2.45, 2.75) is 13.5 Å². The van der Waals surface area contributed by atoms with Crippen molar-refractivity contribution in [3.8, 4) is 11.5 Å². The molecule has 1 N–H and O–H groups in total. The summed E-state index contributed by atoms with van der Waals surface area (Å²) in [5, 5.41) is 3.84. The summed E-state index contributed by atoms with van der Waals surface area (Å²) in [6.45, 7) is 3.64. The van der Waals surface area contributed by atoms with Gasteiger partial charge >= 0.3 is 0 Å². The van der Waals surface area contributed by atoms with Crippen molar-refractivity contribution in [2.24, 2.45) is 0 Å². The van der Waals surface area contributed by atoms with Crippen LogP contribution in [0.15, 0.2) is 42.5 Å². The average molecular weight is 280 g/mol. The van der Waals surface area contributed by atoms with Crippen LogP contribution in [0.25, 0.3) is 0 Å². The van der Waals surface area contributed by atoms with Gasteiger partial charge in [-0.3, -0.25) is 0 Å². The van der Waals surface area contributed by atoms with E-state index in [4.69, 9.17) is 16.3 Å². The molecular formula is C15H15ClFNO. The van der Waals surface area contributed by atoms with Crippen LogP contribution in [0.1, 0.15) is 12.5 Å². The van der Waals surface area contributed by atoms with Crippen LogP contribution in [-0.2, 0) is 6.54 Å². The van der Waals surface area contributed by atoms with Crippen LogP contribution in [0.5, 0.6) is 11.5 Å². The van der Waals surface area contributed by atoms with E-state index in [-0.39, 0.29) is 5.82 Å². The number of halogens is 2. The molecule has 2 nitrogen and oxygen atoms in total. The normalized spacial score (nSPS) is 10.5. The molecule has 0 saturated carbocycles. The van der Waals surface area contributed by atoms with Crippen LogP contribution in [0.3, 0.4) is 0 Å². The van der Waals surface area contributed by atoms with E-state index in [1.54, 1.807) is 18.2 Å². The van der Waals surface area contributed by atoms with E-state index in [1.165, 1.54) is 12.1 Å². The monoisotopic (exact) mass is 279 g/mol. The van der Waals surface area contributed by atoms with Gasteiger partial charge in [0.1, 0.15) is 17.3 Å². The fraction of sp³-hybridized carbons (Fsp3) is 0.200. The maximum Gasteiger partial charge on any atom is 0.130 e. The Hall–Kier alpha value is -1.58. The number of benzene rings is 2. The molecule has 100 valence electrons. The minimum atomic E-state index is -0.327. The first kappa shape index (κ1) is 13.8. The van der Waals surface area contributed by atoms with Crippen molar-refractivity contribution in [3.63, 3.8) is 0 Å². The van der Waals surface area contributed by atoms with Gasteiger partial charge in [-0.05, 0) is 36.4 Å². The van der Waals surface area contributed by atoms with E-state index >= 15 is 0 Å². The zero-order chi connectivity index (χ0) is 13.7. The van der Waals surface area contributed by atoms with Gasteiger partial charge in [-0.2, -0.15) is 0 Å².